The van der Waals surface area contributed by atoms with Crippen LogP contribution in [0.5, 0.6) is 0 Å². The highest BCUT2D eigenvalue weighted by Crippen LogP contribution is 2.21. The molecule has 124 valence electrons. The zero-order chi connectivity index (χ0) is 17.7. The number of carbonyl (C=O) groups is 2. The lowest BCUT2D eigenvalue weighted by Gasteiger charge is -2.08. The van der Waals surface area contributed by atoms with Gasteiger partial charge in [-0.1, -0.05) is 38.1 Å². The van der Waals surface area contributed by atoms with Crippen LogP contribution in [0.2, 0.25) is 0 Å². The highest BCUT2D eigenvalue weighted by atomic mass is 16.6. The Morgan fingerprint density at radius 3 is 2.21 bits per heavy atom. The summed E-state index contributed by atoms with van der Waals surface area (Å²) in [5.74, 6) is -0.321. The van der Waals surface area contributed by atoms with Crippen LogP contribution in [0, 0.1) is 16.0 Å². The number of rotatable bonds is 6. The van der Waals surface area contributed by atoms with Crippen molar-refractivity contribution < 1.29 is 14.5 Å². The van der Waals surface area contributed by atoms with Crippen molar-refractivity contribution in [3.63, 3.8) is 0 Å². The van der Waals surface area contributed by atoms with Gasteiger partial charge in [-0.05, 0) is 24.1 Å². The summed E-state index contributed by atoms with van der Waals surface area (Å²) >= 11 is 0. The molecule has 2 rings (SSSR count). The van der Waals surface area contributed by atoms with E-state index in [1.54, 1.807) is 6.07 Å². The fourth-order valence-corrected chi connectivity index (χ4v) is 2.15. The summed E-state index contributed by atoms with van der Waals surface area (Å²) in [6, 6.07) is 11.9. The van der Waals surface area contributed by atoms with E-state index in [0.717, 1.165) is 0 Å². The van der Waals surface area contributed by atoms with Gasteiger partial charge in [0, 0.05) is 23.7 Å². The summed E-state index contributed by atoms with van der Waals surface area (Å²) < 4.78 is 0. The zero-order valence-corrected chi connectivity index (χ0v) is 13.5. The largest absolute Gasteiger partial charge is 0.352 e. The van der Waals surface area contributed by atoms with E-state index in [0.29, 0.717) is 23.6 Å². The highest BCUT2D eigenvalue weighted by Gasteiger charge is 2.20. The summed E-state index contributed by atoms with van der Waals surface area (Å²) in [5.41, 5.74) is 0.528. The van der Waals surface area contributed by atoms with Crippen LogP contribution in [-0.2, 0) is 0 Å². The molecule has 0 heterocycles. The molecule has 0 unspecified atom stereocenters. The Morgan fingerprint density at radius 1 is 1.04 bits per heavy atom. The number of nitrogens with zero attached hydrogens (tertiary/aromatic N) is 1. The van der Waals surface area contributed by atoms with Gasteiger partial charge < -0.3 is 5.32 Å². The molecule has 2 aromatic rings. The zero-order valence-electron chi connectivity index (χ0n) is 13.5. The van der Waals surface area contributed by atoms with Crippen molar-refractivity contribution in [1.29, 1.82) is 0 Å². The molecule has 0 bridgehead atoms. The molecule has 2 aromatic carbocycles. The molecule has 0 fully saturated rings. The molecule has 0 atom stereocenters. The van der Waals surface area contributed by atoms with E-state index in [-0.39, 0.29) is 17.2 Å². The first kappa shape index (κ1) is 17.3. The fourth-order valence-electron chi connectivity index (χ4n) is 2.15. The molecule has 1 amide bonds. The fraction of sp³-hybridized carbons (Fsp3) is 0.222. The molecule has 24 heavy (non-hydrogen) atoms. The topological polar surface area (TPSA) is 89.3 Å². The van der Waals surface area contributed by atoms with Gasteiger partial charge in [0.05, 0.1) is 4.92 Å². The predicted octanol–water partition coefficient (Wildman–Crippen LogP) is 3.21. The normalized spacial score (nSPS) is 10.5. The number of nitro benzene ring substituents is 1. The number of amides is 1. The lowest BCUT2D eigenvalue weighted by molar-refractivity contribution is -0.385. The molecule has 0 aliphatic carbocycles. The average molecular weight is 326 g/mol. The Labute approximate surface area is 139 Å². The Hall–Kier alpha value is -3.02. The van der Waals surface area contributed by atoms with E-state index in [9.17, 15) is 19.7 Å². The van der Waals surface area contributed by atoms with Crippen molar-refractivity contribution in [3.8, 4) is 0 Å². The second-order valence-corrected chi connectivity index (χ2v) is 5.78. The second kappa shape index (κ2) is 7.50. The number of hydrogen-bond donors (Lipinski definition) is 1. The third-order valence-electron chi connectivity index (χ3n) is 3.43. The predicted molar refractivity (Wildman–Crippen MR) is 90.1 cm³/mol. The van der Waals surface area contributed by atoms with E-state index < -0.39 is 10.7 Å². The van der Waals surface area contributed by atoms with Gasteiger partial charge >= 0.3 is 0 Å². The second-order valence-electron chi connectivity index (χ2n) is 5.78. The van der Waals surface area contributed by atoms with Crippen LogP contribution < -0.4 is 5.32 Å². The summed E-state index contributed by atoms with van der Waals surface area (Å²) in [7, 11) is 0. The maximum absolute atomic E-state index is 12.5. The number of ketones is 1. The molecular weight excluding hydrogens is 308 g/mol. The summed E-state index contributed by atoms with van der Waals surface area (Å²) in [5, 5.41) is 13.8. The SMILES string of the molecule is CC(C)CNC(=O)c1ccc(C(=O)c2ccccc2[N+](=O)[O-])cc1. The molecule has 0 aliphatic rings. The molecule has 0 radical (unpaired) electrons. The number of benzene rings is 2. The smallest absolute Gasteiger partial charge is 0.280 e. The molecular formula is C18H18N2O4. The third-order valence-corrected chi connectivity index (χ3v) is 3.43. The van der Waals surface area contributed by atoms with Gasteiger partial charge in [0.2, 0.25) is 0 Å². The number of para-hydroxylation sites is 1. The van der Waals surface area contributed by atoms with Crippen molar-refractivity contribution in [2.24, 2.45) is 5.92 Å². The molecule has 0 aliphatic heterocycles. The first-order valence-corrected chi connectivity index (χ1v) is 7.56. The molecule has 0 saturated heterocycles. The van der Waals surface area contributed by atoms with Crippen molar-refractivity contribution >= 4 is 17.4 Å². The Morgan fingerprint density at radius 2 is 1.62 bits per heavy atom. The summed E-state index contributed by atoms with van der Waals surface area (Å²) in [6.45, 7) is 4.55. The first-order valence-electron chi connectivity index (χ1n) is 7.56. The quantitative estimate of drug-likeness (QED) is 0.501. The van der Waals surface area contributed by atoms with Crippen molar-refractivity contribution in [3.05, 3.63) is 75.3 Å². The lowest BCUT2D eigenvalue weighted by atomic mass is 10.0. The van der Waals surface area contributed by atoms with Crippen LogP contribution >= 0.6 is 0 Å². The first-order chi connectivity index (χ1) is 11.4. The Balaban J connectivity index is 2.21. The number of nitrogens with one attached hydrogen (secondary N) is 1. The van der Waals surface area contributed by atoms with Crippen molar-refractivity contribution in [1.82, 2.24) is 5.32 Å². The third kappa shape index (κ3) is 4.04. The van der Waals surface area contributed by atoms with Gasteiger partial charge in [0.25, 0.3) is 11.6 Å². The molecule has 0 aromatic heterocycles. The van der Waals surface area contributed by atoms with E-state index in [4.69, 9.17) is 0 Å². The van der Waals surface area contributed by atoms with Crippen LogP contribution in [-0.4, -0.2) is 23.2 Å². The van der Waals surface area contributed by atoms with Crippen LogP contribution in [0.4, 0.5) is 5.69 Å². The van der Waals surface area contributed by atoms with Gasteiger partial charge in [0.1, 0.15) is 5.56 Å². The summed E-state index contributed by atoms with van der Waals surface area (Å²) in [4.78, 5) is 34.9. The maximum atomic E-state index is 12.5. The van der Waals surface area contributed by atoms with Crippen molar-refractivity contribution in [2.75, 3.05) is 6.54 Å². The average Bonchev–Trinajstić information content (AvgIpc) is 2.59. The number of carbonyl (C=O) groups excluding carboxylic acids is 2. The van der Waals surface area contributed by atoms with Crippen LogP contribution in [0.15, 0.2) is 48.5 Å². The monoisotopic (exact) mass is 326 g/mol. The van der Waals surface area contributed by atoms with E-state index in [1.165, 1.54) is 42.5 Å². The molecule has 1 N–H and O–H groups in total. The van der Waals surface area contributed by atoms with E-state index >= 15 is 0 Å². The van der Waals surface area contributed by atoms with Crippen LogP contribution in [0.3, 0.4) is 0 Å². The van der Waals surface area contributed by atoms with Gasteiger partial charge in [-0.15, -0.1) is 0 Å². The standard InChI is InChI=1S/C18H18N2O4/c1-12(2)11-19-18(22)14-9-7-13(8-10-14)17(21)15-5-3-4-6-16(15)20(23)24/h3-10,12H,11H2,1-2H3,(H,19,22). The molecule has 0 spiro atoms. The highest BCUT2D eigenvalue weighted by molar-refractivity contribution is 6.11. The minimum atomic E-state index is -0.582. The van der Waals surface area contributed by atoms with Gasteiger partial charge in [0.15, 0.2) is 5.78 Å². The number of hydrogen-bond acceptors (Lipinski definition) is 4. The van der Waals surface area contributed by atoms with Gasteiger partial charge in [-0.25, -0.2) is 0 Å². The molecule has 6 nitrogen and oxygen atoms in total. The Kier molecular flexibility index (Phi) is 5.42. The van der Waals surface area contributed by atoms with Crippen LogP contribution in [0.1, 0.15) is 40.1 Å². The van der Waals surface area contributed by atoms with Gasteiger partial charge in [-0.3, -0.25) is 19.7 Å². The van der Waals surface area contributed by atoms with Crippen molar-refractivity contribution in [2.45, 2.75) is 13.8 Å². The molecule has 0 saturated carbocycles. The Bertz CT molecular complexity index is 767. The maximum Gasteiger partial charge on any atom is 0.280 e. The van der Waals surface area contributed by atoms with Crippen LogP contribution in [0.25, 0.3) is 0 Å². The number of nitro groups is 1. The summed E-state index contributed by atoms with van der Waals surface area (Å²) in [6.07, 6.45) is 0. The minimum absolute atomic E-state index is 0.0273. The van der Waals surface area contributed by atoms with Gasteiger partial charge in [-0.2, -0.15) is 0 Å². The lowest BCUT2D eigenvalue weighted by Crippen LogP contribution is -2.27. The van der Waals surface area contributed by atoms with E-state index in [1.807, 2.05) is 13.8 Å². The minimum Gasteiger partial charge on any atom is -0.352 e. The molecule has 6 heteroatoms. The van der Waals surface area contributed by atoms with E-state index in [2.05, 4.69) is 5.32 Å².